The van der Waals surface area contributed by atoms with E-state index in [9.17, 15) is 23.6 Å². The lowest BCUT2D eigenvalue weighted by atomic mass is 10.2. The van der Waals surface area contributed by atoms with Crippen LogP contribution < -0.4 is 4.72 Å². The van der Waals surface area contributed by atoms with Crippen molar-refractivity contribution in [3.63, 3.8) is 0 Å². The molecule has 0 bridgehead atoms. The van der Waals surface area contributed by atoms with Crippen LogP contribution in [0.5, 0.6) is 0 Å². The fourth-order valence-corrected chi connectivity index (χ4v) is 4.15. The molecular weight excluding hydrogens is 416 g/mol. The van der Waals surface area contributed by atoms with Crippen LogP contribution in [0.1, 0.15) is 5.56 Å². The highest BCUT2D eigenvalue weighted by Crippen LogP contribution is 2.23. The number of aliphatic hydroxyl groups excluding tert-OH is 1. The van der Waals surface area contributed by atoms with E-state index in [2.05, 4.69) is 4.72 Å². The van der Waals surface area contributed by atoms with Crippen LogP contribution in [0.15, 0.2) is 59.5 Å². The van der Waals surface area contributed by atoms with Gasteiger partial charge in [0.05, 0.1) is 24.2 Å². The van der Waals surface area contributed by atoms with Gasteiger partial charge in [0.25, 0.3) is 5.69 Å². The highest BCUT2D eigenvalue weighted by molar-refractivity contribution is 7.89. The Morgan fingerprint density at radius 2 is 1.67 bits per heavy atom. The molecule has 30 heavy (non-hydrogen) atoms. The monoisotopic (exact) mass is 440 g/mol. The van der Waals surface area contributed by atoms with Crippen molar-refractivity contribution in [2.24, 2.45) is 0 Å². The van der Waals surface area contributed by atoms with Gasteiger partial charge >= 0.3 is 0 Å². The number of benzene rings is 2. The van der Waals surface area contributed by atoms with E-state index in [0.717, 1.165) is 17.7 Å². The molecule has 2 aromatic carbocycles. The van der Waals surface area contributed by atoms with Crippen LogP contribution in [0.2, 0.25) is 0 Å². The summed E-state index contributed by atoms with van der Waals surface area (Å²) in [5, 5.41) is 21.8. The van der Waals surface area contributed by atoms with Gasteiger partial charge in [-0.05, 0) is 11.6 Å². The Labute approximate surface area is 174 Å². The van der Waals surface area contributed by atoms with Crippen LogP contribution in [0, 0.1) is 10.1 Å². The van der Waals surface area contributed by atoms with E-state index in [1.807, 2.05) is 30.3 Å². The molecule has 2 rings (SSSR count). The van der Waals surface area contributed by atoms with Gasteiger partial charge in [-0.3, -0.25) is 10.1 Å². The summed E-state index contributed by atoms with van der Waals surface area (Å²) in [7, 11) is -1.79. The summed E-state index contributed by atoms with van der Waals surface area (Å²) in [5.74, 6) is 0. The van der Waals surface area contributed by atoms with Gasteiger partial charge in [0.1, 0.15) is 6.10 Å². The van der Waals surface area contributed by atoms with Gasteiger partial charge in [0.15, 0.2) is 11.2 Å². The van der Waals surface area contributed by atoms with Crippen molar-refractivity contribution in [1.29, 1.82) is 0 Å². The molecule has 0 aromatic heterocycles. The normalized spacial score (nSPS) is 13.9. The minimum absolute atomic E-state index is 0.169. The second-order valence-corrected chi connectivity index (χ2v) is 7.97. The van der Waals surface area contributed by atoms with Crippen molar-refractivity contribution < 1.29 is 32.7 Å². The van der Waals surface area contributed by atoms with Gasteiger partial charge in [0.2, 0.25) is 10.0 Å². The summed E-state index contributed by atoms with van der Waals surface area (Å²) in [6.45, 7) is -0.0684. The first-order valence-corrected chi connectivity index (χ1v) is 10.4. The van der Waals surface area contributed by atoms with E-state index in [4.69, 9.17) is 14.2 Å². The maximum Gasteiger partial charge on any atom is 0.289 e. The van der Waals surface area contributed by atoms with E-state index >= 15 is 0 Å². The van der Waals surface area contributed by atoms with Crippen molar-refractivity contribution >= 4 is 15.7 Å². The molecule has 0 unspecified atom stereocenters. The largest absolute Gasteiger partial charge is 0.386 e. The number of hydrogen-bond donors (Lipinski definition) is 2. The molecule has 0 radical (unpaired) electrons. The Morgan fingerprint density at radius 3 is 2.27 bits per heavy atom. The van der Waals surface area contributed by atoms with Crippen LogP contribution in [0.25, 0.3) is 0 Å². The first-order chi connectivity index (χ1) is 14.3. The minimum Gasteiger partial charge on any atom is -0.386 e. The molecule has 0 spiro atoms. The summed E-state index contributed by atoms with van der Waals surface area (Å²) in [5.41, 5.74) is 0.265. The van der Waals surface area contributed by atoms with Gasteiger partial charge in [-0.1, -0.05) is 42.5 Å². The topological polar surface area (TPSA) is 137 Å². The first-order valence-electron chi connectivity index (χ1n) is 8.91. The second-order valence-electron chi connectivity index (χ2n) is 6.28. The number of sulfonamides is 1. The number of nitrogens with zero attached hydrogens (tertiary/aromatic N) is 1. The Bertz CT molecular complexity index is 919. The van der Waals surface area contributed by atoms with Gasteiger partial charge in [-0.15, -0.1) is 0 Å². The van der Waals surface area contributed by atoms with Crippen LogP contribution >= 0.6 is 0 Å². The number of ether oxygens (including phenoxy) is 3. The third kappa shape index (κ3) is 6.29. The maximum absolute atomic E-state index is 12.8. The number of aliphatic hydroxyl groups is 1. The lowest BCUT2D eigenvalue weighted by Gasteiger charge is -2.28. The zero-order valence-electron chi connectivity index (χ0n) is 16.5. The van der Waals surface area contributed by atoms with Crippen LogP contribution in [-0.2, 0) is 30.8 Å². The van der Waals surface area contributed by atoms with Gasteiger partial charge in [0, 0.05) is 20.3 Å². The molecule has 0 amide bonds. The third-order valence-corrected chi connectivity index (χ3v) is 5.76. The van der Waals surface area contributed by atoms with E-state index < -0.39 is 44.0 Å². The van der Waals surface area contributed by atoms with Gasteiger partial charge in [-0.2, -0.15) is 0 Å². The first kappa shape index (κ1) is 23.9. The van der Waals surface area contributed by atoms with Gasteiger partial charge < -0.3 is 19.3 Å². The number of hydrogen-bond acceptors (Lipinski definition) is 8. The minimum atomic E-state index is -4.37. The number of rotatable bonds is 12. The molecule has 164 valence electrons. The lowest BCUT2D eigenvalue weighted by Crippen LogP contribution is -2.52. The Kier molecular flexibility index (Phi) is 8.84. The zero-order valence-corrected chi connectivity index (χ0v) is 17.3. The highest BCUT2D eigenvalue weighted by atomic mass is 32.2. The average molecular weight is 440 g/mol. The van der Waals surface area contributed by atoms with E-state index in [1.165, 1.54) is 26.4 Å². The molecular formula is C19H24N2O8S. The smallest absolute Gasteiger partial charge is 0.289 e. The predicted molar refractivity (Wildman–Crippen MR) is 107 cm³/mol. The highest BCUT2D eigenvalue weighted by Gasteiger charge is 2.34. The Balaban J connectivity index is 2.24. The molecule has 2 aromatic rings. The molecule has 0 saturated heterocycles. The van der Waals surface area contributed by atoms with Crippen molar-refractivity contribution in [2.75, 3.05) is 20.8 Å². The number of methoxy groups -OCH3 is 2. The summed E-state index contributed by atoms with van der Waals surface area (Å²) >= 11 is 0. The summed E-state index contributed by atoms with van der Waals surface area (Å²) < 4.78 is 43.6. The van der Waals surface area contributed by atoms with E-state index in [0.29, 0.717) is 0 Å². The Morgan fingerprint density at radius 1 is 1.07 bits per heavy atom. The average Bonchev–Trinajstić information content (AvgIpc) is 2.74. The summed E-state index contributed by atoms with van der Waals surface area (Å²) in [6.07, 6.45) is -2.60. The van der Waals surface area contributed by atoms with Crippen molar-refractivity contribution in [3.05, 3.63) is 70.3 Å². The van der Waals surface area contributed by atoms with Gasteiger partial charge in [-0.25, -0.2) is 13.1 Å². The SMILES string of the molecule is COC(OC)[C@@H](O)[C@@H](COCc1ccccc1)NS(=O)(=O)c1ccccc1[N+](=O)[O-]. The molecule has 2 atom stereocenters. The molecule has 0 saturated carbocycles. The predicted octanol–water partition coefficient (Wildman–Crippen LogP) is 1.44. The molecule has 0 aliphatic carbocycles. The zero-order chi connectivity index (χ0) is 22.1. The second kappa shape index (κ2) is 11.1. The number of nitrogens with one attached hydrogen (secondary N) is 1. The number of nitro benzene ring substituents is 1. The summed E-state index contributed by atoms with van der Waals surface area (Å²) in [6, 6.07) is 12.9. The number of nitro groups is 1. The Hall–Kier alpha value is -2.41. The van der Waals surface area contributed by atoms with Crippen molar-refractivity contribution in [3.8, 4) is 0 Å². The van der Waals surface area contributed by atoms with E-state index in [-0.39, 0.29) is 13.2 Å². The molecule has 0 fully saturated rings. The molecule has 0 aliphatic rings. The van der Waals surface area contributed by atoms with Crippen LogP contribution in [-0.4, -0.2) is 57.7 Å². The van der Waals surface area contributed by atoms with Crippen molar-refractivity contribution in [1.82, 2.24) is 4.72 Å². The van der Waals surface area contributed by atoms with Crippen LogP contribution in [0.4, 0.5) is 5.69 Å². The maximum atomic E-state index is 12.8. The molecule has 0 aliphatic heterocycles. The van der Waals surface area contributed by atoms with Crippen LogP contribution in [0.3, 0.4) is 0 Å². The fraction of sp³-hybridized carbons (Fsp3) is 0.368. The molecule has 10 nitrogen and oxygen atoms in total. The number of para-hydroxylation sites is 1. The quantitative estimate of drug-likeness (QED) is 0.287. The van der Waals surface area contributed by atoms with Crippen molar-refractivity contribution in [2.45, 2.75) is 29.9 Å². The lowest BCUT2D eigenvalue weighted by molar-refractivity contribution is -0.387. The van der Waals surface area contributed by atoms with E-state index in [1.54, 1.807) is 0 Å². The standard InChI is InChI=1S/C19H24N2O8S/c1-27-19(28-2)18(22)15(13-29-12-14-8-4-3-5-9-14)20-30(25,26)17-11-7-6-10-16(17)21(23)24/h3-11,15,18-20,22H,12-13H2,1-2H3/t15-,18+/m1/s1. The summed E-state index contributed by atoms with van der Waals surface area (Å²) in [4.78, 5) is 9.90. The molecule has 0 heterocycles. The fourth-order valence-electron chi connectivity index (χ4n) is 2.74. The third-order valence-electron chi connectivity index (χ3n) is 4.22. The molecule has 11 heteroatoms. The molecule has 2 N–H and O–H groups in total.